The molecule has 0 aliphatic rings. The summed E-state index contributed by atoms with van der Waals surface area (Å²) in [6, 6.07) is 12.5. The molecule has 0 aliphatic heterocycles. The topological polar surface area (TPSA) is 136 Å². The Kier molecular flexibility index (Phi) is 5.04. The monoisotopic (exact) mass is 350 g/mol. The Hall–Kier alpha value is -3.52. The van der Waals surface area contributed by atoms with Crippen molar-refractivity contribution in [3.8, 4) is 11.1 Å². The Balaban J connectivity index is 2.08. The lowest BCUT2D eigenvalue weighted by Crippen LogP contribution is -2.21. The van der Waals surface area contributed by atoms with Crippen LogP contribution in [0, 0.1) is 0 Å². The number of carbonyl (C=O) groups is 2. The molecule has 3 aromatic rings. The second-order valence-corrected chi connectivity index (χ2v) is 5.64. The van der Waals surface area contributed by atoms with E-state index in [0.717, 1.165) is 23.1 Å². The third-order valence-corrected chi connectivity index (χ3v) is 3.94. The van der Waals surface area contributed by atoms with Crippen molar-refractivity contribution in [2.45, 2.75) is 12.5 Å². The van der Waals surface area contributed by atoms with Gasteiger partial charge in [0.15, 0.2) is 5.82 Å². The molecule has 0 saturated heterocycles. The standard InChI is InChI=1S/C18H18N6O2/c19-18-22-16-6-5-11(9-14(16)17(23-18)24-20)13-3-1-2-4-15(13)21-12(10-26)7-8-25/h1-6,8-10,12,21H,7,20H2,(H3,19,22,23,24). The Bertz CT molecular complexity index is 960. The van der Waals surface area contributed by atoms with Crippen LogP contribution in [0.1, 0.15) is 6.42 Å². The van der Waals surface area contributed by atoms with Gasteiger partial charge in [0.1, 0.15) is 12.6 Å². The molecule has 0 aliphatic carbocycles. The van der Waals surface area contributed by atoms with Gasteiger partial charge in [-0.05, 0) is 23.8 Å². The van der Waals surface area contributed by atoms with Crippen LogP contribution in [0.15, 0.2) is 42.5 Å². The number of nitrogens with two attached hydrogens (primary N) is 2. The molecule has 6 N–H and O–H groups in total. The van der Waals surface area contributed by atoms with Gasteiger partial charge >= 0.3 is 0 Å². The van der Waals surface area contributed by atoms with Gasteiger partial charge in [-0.3, -0.25) is 0 Å². The third-order valence-electron chi connectivity index (χ3n) is 3.94. The fourth-order valence-electron chi connectivity index (χ4n) is 2.74. The third kappa shape index (κ3) is 3.45. The molecular formula is C18H18N6O2. The fourth-order valence-corrected chi connectivity index (χ4v) is 2.74. The van der Waals surface area contributed by atoms with Crippen molar-refractivity contribution in [1.82, 2.24) is 9.97 Å². The molecule has 0 saturated carbocycles. The first-order valence-corrected chi connectivity index (χ1v) is 7.95. The van der Waals surface area contributed by atoms with Gasteiger partial charge in [0.25, 0.3) is 0 Å². The van der Waals surface area contributed by atoms with Crippen LogP contribution in [-0.2, 0) is 9.59 Å². The van der Waals surface area contributed by atoms with Crippen LogP contribution in [-0.4, -0.2) is 28.6 Å². The molecule has 8 heteroatoms. The van der Waals surface area contributed by atoms with Gasteiger partial charge in [-0.15, -0.1) is 0 Å². The zero-order chi connectivity index (χ0) is 18.5. The number of fused-ring (bicyclic) bond motifs is 1. The zero-order valence-corrected chi connectivity index (χ0v) is 13.8. The van der Waals surface area contributed by atoms with Crippen LogP contribution in [0.3, 0.4) is 0 Å². The molecular weight excluding hydrogens is 332 g/mol. The van der Waals surface area contributed by atoms with Gasteiger partial charge < -0.3 is 26.1 Å². The lowest BCUT2D eigenvalue weighted by Gasteiger charge is -2.16. The summed E-state index contributed by atoms with van der Waals surface area (Å²) in [6.45, 7) is 0. The second-order valence-electron chi connectivity index (χ2n) is 5.64. The molecule has 0 amide bonds. The smallest absolute Gasteiger partial charge is 0.222 e. The van der Waals surface area contributed by atoms with Crippen molar-refractivity contribution >= 4 is 40.9 Å². The number of anilines is 3. The quantitative estimate of drug-likeness (QED) is 0.287. The minimum absolute atomic E-state index is 0.101. The Morgan fingerprint density at radius 2 is 1.92 bits per heavy atom. The maximum absolute atomic E-state index is 11.2. The van der Waals surface area contributed by atoms with Crippen LogP contribution < -0.4 is 22.3 Å². The van der Waals surface area contributed by atoms with Gasteiger partial charge in [0.2, 0.25) is 5.95 Å². The zero-order valence-electron chi connectivity index (χ0n) is 13.8. The number of hydrogen-bond donors (Lipinski definition) is 4. The van der Waals surface area contributed by atoms with E-state index < -0.39 is 6.04 Å². The van der Waals surface area contributed by atoms with E-state index in [-0.39, 0.29) is 12.4 Å². The predicted octanol–water partition coefficient (Wildman–Crippen LogP) is 1.73. The molecule has 0 radical (unpaired) electrons. The number of rotatable bonds is 7. The van der Waals surface area contributed by atoms with Crippen molar-refractivity contribution in [3.63, 3.8) is 0 Å². The van der Waals surface area contributed by atoms with Gasteiger partial charge in [0.05, 0.1) is 11.6 Å². The second kappa shape index (κ2) is 7.58. The minimum atomic E-state index is -0.585. The number of para-hydroxylation sites is 1. The molecule has 2 aromatic carbocycles. The molecule has 0 spiro atoms. The maximum atomic E-state index is 11.2. The molecule has 1 heterocycles. The highest BCUT2D eigenvalue weighted by molar-refractivity contribution is 5.94. The van der Waals surface area contributed by atoms with Crippen LogP contribution >= 0.6 is 0 Å². The summed E-state index contributed by atoms with van der Waals surface area (Å²) >= 11 is 0. The van der Waals surface area contributed by atoms with Crippen molar-refractivity contribution in [2.75, 3.05) is 16.5 Å². The summed E-state index contributed by atoms with van der Waals surface area (Å²) in [5.74, 6) is 6.09. The molecule has 3 rings (SSSR count). The molecule has 1 aromatic heterocycles. The van der Waals surface area contributed by atoms with E-state index in [4.69, 9.17) is 11.6 Å². The van der Waals surface area contributed by atoms with Gasteiger partial charge in [-0.2, -0.15) is 4.98 Å². The summed E-state index contributed by atoms with van der Waals surface area (Å²) in [7, 11) is 0. The molecule has 1 atom stereocenters. The molecule has 26 heavy (non-hydrogen) atoms. The first-order chi connectivity index (χ1) is 12.7. The minimum Gasteiger partial charge on any atom is -0.375 e. The molecule has 1 unspecified atom stereocenters. The van der Waals surface area contributed by atoms with Crippen LogP contribution in [0.25, 0.3) is 22.0 Å². The van der Waals surface area contributed by atoms with Crippen molar-refractivity contribution in [2.24, 2.45) is 5.84 Å². The number of nitrogen functional groups attached to an aromatic ring is 2. The predicted molar refractivity (Wildman–Crippen MR) is 101 cm³/mol. The summed E-state index contributed by atoms with van der Waals surface area (Å²) in [6.07, 6.45) is 1.54. The van der Waals surface area contributed by atoms with E-state index in [9.17, 15) is 9.59 Å². The normalized spacial score (nSPS) is 11.7. The van der Waals surface area contributed by atoms with Crippen molar-refractivity contribution in [1.29, 1.82) is 0 Å². The number of nitrogens with one attached hydrogen (secondary N) is 2. The highest BCUT2D eigenvalue weighted by Gasteiger charge is 2.12. The first-order valence-electron chi connectivity index (χ1n) is 7.95. The largest absolute Gasteiger partial charge is 0.375 e. The number of carbonyl (C=O) groups excluding carboxylic acids is 2. The van der Waals surface area contributed by atoms with E-state index in [2.05, 4.69) is 20.7 Å². The van der Waals surface area contributed by atoms with Crippen LogP contribution in [0.4, 0.5) is 17.5 Å². The molecule has 8 nitrogen and oxygen atoms in total. The maximum Gasteiger partial charge on any atom is 0.222 e. The SMILES string of the molecule is NNc1nc(N)nc2ccc(-c3ccccc3NC(C=O)CC=O)cc12. The summed E-state index contributed by atoms with van der Waals surface area (Å²) in [4.78, 5) is 30.2. The van der Waals surface area contributed by atoms with Gasteiger partial charge in [0, 0.05) is 23.1 Å². The van der Waals surface area contributed by atoms with Gasteiger partial charge in [-0.25, -0.2) is 10.8 Å². The van der Waals surface area contributed by atoms with E-state index in [0.29, 0.717) is 23.0 Å². The number of nitrogens with zero attached hydrogens (tertiary/aromatic N) is 2. The van der Waals surface area contributed by atoms with Crippen LogP contribution in [0.5, 0.6) is 0 Å². The number of hydrazine groups is 1. The van der Waals surface area contributed by atoms with Crippen molar-refractivity contribution in [3.05, 3.63) is 42.5 Å². The molecule has 0 bridgehead atoms. The van der Waals surface area contributed by atoms with E-state index in [1.54, 1.807) is 0 Å². The van der Waals surface area contributed by atoms with Crippen LogP contribution in [0.2, 0.25) is 0 Å². The summed E-state index contributed by atoms with van der Waals surface area (Å²) < 4.78 is 0. The Morgan fingerprint density at radius 1 is 1.12 bits per heavy atom. The van der Waals surface area contributed by atoms with E-state index in [1.807, 2.05) is 42.5 Å². The molecule has 132 valence electrons. The molecule has 0 fully saturated rings. The fraction of sp³-hybridized carbons (Fsp3) is 0.111. The summed E-state index contributed by atoms with van der Waals surface area (Å²) in [5.41, 5.74) is 11.4. The van der Waals surface area contributed by atoms with E-state index >= 15 is 0 Å². The lowest BCUT2D eigenvalue weighted by atomic mass is 10.0. The average molecular weight is 350 g/mol. The Labute approximate surface area is 149 Å². The number of benzene rings is 2. The number of hydrogen-bond acceptors (Lipinski definition) is 8. The number of aldehydes is 2. The number of aromatic nitrogens is 2. The van der Waals surface area contributed by atoms with E-state index in [1.165, 1.54) is 0 Å². The average Bonchev–Trinajstić information content (AvgIpc) is 2.67. The van der Waals surface area contributed by atoms with Gasteiger partial charge in [-0.1, -0.05) is 24.3 Å². The lowest BCUT2D eigenvalue weighted by molar-refractivity contribution is -0.112. The summed E-state index contributed by atoms with van der Waals surface area (Å²) in [5, 5.41) is 3.81. The Morgan fingerprint density at radius 3 is 2.65 bits per heavy atom. The highest BCUT2D eigenvalue weighted by Crippen LogP contribution is 2.32. The highest BCUT2D eigenvalue weighted by atomic mass is 16.1. The van der Waals surface area contributed by atoms with Crippen molar-refractivity contribution < 1.29 is 9.59 Å². The first kappa shape index (κ1) is 17.3.